The number of benzene rings is 2. The summed E-state index contributed by atoms with van der Waals surface area (Å²) in [6.07, 6.45) is 0.579. The lowest BCUT2D eigenvalue weighted by Gasteiger charge is -2.24. The molecule has 0 radical (unpaired) electrons. The smallest absolute Gasteiger partial charge is 0.122 e. The van der Waals surface area contributed by atoms with Gasteiger partial charge in [0.05, 0.1) is 11.6 Å². The summed E-state index contributed by atoms with van der Waals surface area (Å²) in [7, 11) is 0. The second-order valence-electron chi connectivity index (χ2n) is 8.40. The fraction of sp³-hybridized carbons (Fsp3) is 0.480. The largest absolute Gasteiger partial charge is 0.491 e. The normalized spacial score (nSPS) is 16.8. The Morgan fingerprint density at radius 1 is 1.00 bits per heavy atom. The van der Waals surface area contributed by atoms with Crippen molar-refractivity contribution in [1.82, 2.24) is 9.80 Å². The number of nitriles is 1. The van der Waals surface area contributed by atoms with Gasteiger partial charge in [-0.3, -0.25) is 9.80 Å². The number of nitrogens with zero attached hydrogens (tertiary/aromatic N) is 3. The molecule has 0 saturated carbocycles. The third-order valence-electron chi connectivity index (χ3n) is 5.61. The predicted molar refractivity (Wildman–Crippen MR) is 120 cm³/mol. The molecule has 160 valence electrons. The number of aliphatic hydroxyl groups excluding tert-OH is 1. The van der Waals surface area contributed by atoms with Gasteiger partial charge in [-0.2, -0.15) is 5.26 Å². The molecule has 1 aliphatic rings. The van der Waals surface area contributed by atoms with Crippen LogP contribution in [-0.4, -0.2) is 60.3 Å². The summed E-state index contributed by atoms with van der Waals surface area (Å²) < 4.78 is 5.94. The zero-order valence-corrected chi connectivity index (χ0v) is 18.1. The second kappa shape index (κ2) is 11.1. The average molecular weight is 408 g/mol. The van der Waals surface area contributed by atoms with Crippen LogP contribution in [0.5, 0.6) is 5.75 Å². The lowest BCUT2D eigenvalue weighted by molar-refractivity contribution is 0.0688. The molecule has 30 heavy (non-hydrogen) atoms. The van der Waals surface area contributed by atoms with E-state index in [0.29, 0.717) is 24.6 Å². The van der Waals surface area contributed by atoms with Crippen molar-refractivity contribution >= 4 is 0 Å². The molecule has 5 nitrogen and oxygen atoms in total. The number of aliphatic hydroxyl groups is 1. The Labute approximate surface area is 180 Å². The van der Waals surface area contributed by atoms with Crippen molar-refractivity contribution in [3.05, 3.63) is 65.2 Å². The summed E-state index contributed by atoms with van der Waals surface area (Å²) in [4.78, 5) is 4.78. The minimum atomic E-state index is -0.504. The maximum Gasteiger partial charge on any atom is 0.122 e. The highest BCUT2D eigenvalue weighted by atomic mass is 16.5. The van der Waals surface area contributed by atoms with Crippen LogP contribution in [0.2, 0.25) is 0 Å². The Balaban J connectivity index is 1.44. The second-order valence-corrected chi connectivity index (χ2v) is 8.40. The van der Waals surface area contributed by atoms with Crippen LogP contribution >= 0.6 is 0 Å². The van der Waals surface area contributed by atoms with E-state index in [0.717, 1.165) is 44.9 Å². The zero-order valence-electron chi connectivity index (χ0n) is 18.1. The number of β-amino-alcohol motifs (C(OH)–C–C–N with tert-alkyl or cyclic N) is 1. The molecule has 1 N–H and O–H groups in total. The lowest BCUT2D eigenvalue weighted by atomic mass is 10.0. The van der Waals surface area contributed by atoms with Crippen LogP contribution in [0.1, 0.15) is 42.9 Å². The van der Waals surface area contributed by atoms with Crippen LogP contribution in [0.3, 0.4) is 0 Å². The van der Waals surface area contributed by atoms with Crippen LogP contribution in [-0.2, 0) is 6.54 Å². The molecule has 0 aromatic heterocycles. The van der Waals surface area contributed by atoms with Gasteiger partial charge >= 0.3 is 0 Å². The molecule has 1 aliphatic heterocycles. The summed E-state index contributed by atoms with van der Waals surface area (Å²) in [5, 5.41) is 19.5. The zero-order chi connectivity index (χ0) is 21.3. The molecular weight excluding hydrogens is 374 g/mol. The van der Waals surface area contributed by atoms with E-state index in [-0.39, 0.29) is 0 Å². The molecule has 1 unspecified atom stereocenters. The van der Waals surface area contributed by atoms with Gasteiger partial charge < -0.3 is 9.84 Å². The maximum atomic E-state index is 10.5. The van der Waals surface area contributed by atoms with Crippen molar-refractivity contribution < 1.29 is 9.84 Å². The van der Waals surface area contributed by atoms with Gasteiger partial charge in [-0.05, 0) is 54.8 Å². The van der Waals surface area contributed by atoms with E-state index < -0.39 is 6.10 Å². The molecule has 0 amide bonds. The summed E-state index contributed by atoms with van der Waals surface area (Å²) in [5.74, 6) is 1.27. The molecule has 0 bridgehead atoms. The molecule has 2 aromatic carbocycles. The molecule has 3 rings (SSSR count). The number of hydrogen-bond donors (Lipinski definition) is 1. The molecule has 1 heterocycles. The summed E-state index contributed by atoms with van der Waals surface area (Å²) >= 11 is 0. The van der Waals surface area contributed by atoms with Crippen LogP contribution in [0.4, 0.5) is 0 Å². The fourth-order valence-electron chi connectivity index (χ4n) is 3.93. The van der Waals surface area contributed by atoms with E-state index in [9.17, 15) is 5.11 Å². The van der Waals surface area contributed by atoms with Gasteiger partial charge in [-0.1, -0.05) is 44.2 Å². The summed E-state index contributed by atoms with van der Waals surface area (Å²) in [6.45, 7) is 10.1. The SMILES string of the molecule is CC(C)c1ccccc1OCC(O)CN1CCCN(Cc2ccc(C#N)cc2)CC1. The van der Waals surface area contributed by atoms with Crippen molar-refractivity contribution in [2.75, 3.05) is 39.3 Å². The van der Waals surface area contributed by atoms with Gasteiger partial charge in [0, 0.05) is 26.2 Å². The van der Waals surface area contributed by atoms with E-state index in [1.54, 1.807) is 0 Å². The quantitative estimate of drug-likeness (QED) is 0.724. The van der Waals surface area contributed by atoms with E-state index in [2.05, 4.69) is 35.8 Å². The first-order valence-corrected chi connectivity index (χ1v) is 10.9. The molecule has 0 spiro atoms. The number of hydrogen-bond acceptors (Lipinski definition) is 5. The van der Waals surface area contributed by atoms with Gasteiger partial charge in [0.15, 0.2) is 0 Å². The molecule has 0 aliphatic carbocycles. The van der Waals surface area contributed by atoms with Crippen molar-refractivity contribution in [3.8, 4) is 11.8 Å². The lowest BCUT2D eigenvalue weighted by Crippen LogP contribution is -2.38. The van der Waals surface area contributed by atoms with Crippen molar-refractivity contribution in [1.29, 1.82) is 5.26 Å². The standard InChI is InChI=1S/C25H33N3O2/c1-20(2)24-6-3-4-7-25(24)30-19-23(29)18-28-13-5-12-27(14-15-28)17-22-10-8-21(16-26)9-11-22/h3-4,6-11,20,23,29H,5,12-15,17-19H2,1-2H3. The van der Waals surface area contributed by atoms with E-state index >= 15 is 0 Å². The van der Waals surface area contributed by atoms with Crippen LogP contribution in [0, 0.1) is 11.3 Å². The van der Waals surface area contributed by atoms with E-state index in [1.807, 2.05) is 42.5 Å². The fourth-order valence-corrected chi connectivity index (χ4v) is 3.93. The number of rotatable bonds is 8. The number of ether oxygens (including phenoxy) is 1. The van der Waals surface area contributed by atoms with Crippen LogP contribution in [0.25, 0.3) is 0 Å². The Morgan fingerprint density at radius 3 is 2.43 bits per heavy atom. The molecule has 5 heteroatoms. The molecule has 1 atom stereocenters. The van der Waals surface area contributed by atoms with Gasteiger partial charge in [0.1, 0.15) is 18.5 Å². The topological polar surface area (TPSA) is 59.7 Å². The first-order chi connectivity index (χ1) is 14.5. The van der Waals surface area contributed by atoms with Gasteiger partial charge in [0.2, 0.25) is 0 Å². The Hall–Kier alpha value is -2.39. The van der Waals surface area contributed by atoms with Crippen LogP contribution in [0.15, 0.2) is 48.5 Å². The highest BCUT2D eigenvalue weighted by Gasteiger charge is 2.18. The molecule has 1 fully saturated rings. The van der Waals surface area contributed by atoms with Crippen LogP contribution < -0.4 is 4.74 Å². The van der Waals surface area contributed by atoms with Gasteiger partial charge in [-0.15, -0.1) is 0 Å². The third kappa shape index (κ3) is 6.56. The Morgan fingerprint density at radius 2 is 1.70 bits per heavy atom. The highest BCUT2D eigenvalue weighted by molar-refractivity contribution is 5.35. The first kappa shape index (κ1) is 22.3. The van der Waals surface area contributed by atoms with E-state index in [4.69, 9.17) is 10.00 Å². The summed E-state index contributed by atoms with van der Waals surface area (Å²) in [5.41, 5.74) is 3.12. The third-order valence-corrected chi connectivity index (χ3v) is 5.61. The van der Waals surface area contributed by atoms with Gasteiger partial charge in [0.25, 0.3) is 0 Å². The summed E-state index contributed by atoms with van der Waals surface area (Å²) in [6, 6.07) is 18.1. The van der Waals surface area contributed by atoms with Gasteiger partial charge in [-0.25, -0.2) is 0 Å². The van der Waals surface area contributed by atoms with Crippen molar-refractivity contribution in [3.63, 3.8) is 0 Å². The minimum Gasteiger partial charge on any atom is -0.491 e. The molecule has 2 aromatic rings. The van der Waals surface area contributed by atoms with E-state index in [1.165, 1.54) is 11.1 Å². The van der Waals surface area contributed by atoms with Crippen molar-refractivity contribution in [2.45, 2.75) is 38.8 Å². The minimum absolute atomic E-state index is 0.315. The maximum absolute atomic E-state index is 10.5. The monoisotopic (exact) mass is 407 g/mol. The van der Waals surface area contributed by atoms with Crippen molar-refractivity contribution in [2.24, 2.45) is 0 Å². The average Bonchev–Trinajstić information content (AvgIpc) is 2.98. The first-order valence-electron chi connectivity index (χ1n) is 10.9. The molecule has 1 saturated heterocycles. The Kier molecular flexibility index (Phi) is 8.27. The Bertz CT molecular complexity index is 829. The highest BCUT2D eigenvalue weighted by Crippen LogP contribution is 2.26. The molecular formula is C25H33N3O2. The number of para-hydroxylation sites is 1. The predicted octanol–water partition coefficient (Wildman–Crippen LogP) is 3.63.